The first-order valence-electron chi connectivity index (χ1n) is 6.51. The van der Waals surface area contributed by atoms with Crippen LogP contribution in [0.1, 0.15) is 12.5 Å². The Hall–Kier alpha value is -2.24. The molecule has 0 heterocycles. The lowest BCUT2D eigenvalue weighted by atomic mass is 10.1. The van der Waals surface area contributed by atoms with Crippen molar-refractivity contribution in [1.29, 1.82) is 0 Å². The molecule has 0 bridgehead atoms. The van der Waals surface area contributed by atoms with Gasteiger partial charge in [-0.15, -0.1) is 0 Å². The fourth-order valence-corrected chi connectivity index (χ4v) is 1.59. The van der Waals surface area contributed by atoms with E-state index in [1.807, 2.05) is 24.3 Å². The topological polar surface area (TPSA) is 79.5 Å². The highest BCUT2D eigenvalue weighted by Gasteiger charge is 2.00. The molecule has 0 aromatic heterocycles. The summed E-state index contributed by atoms with van der Waals surface area (Å²) in [4.78, 5) is 22.0. The van der Waals surface area contributed by atoms with E-state index in [1.165, 1.54) is 6.92 Å². The van der Waals surface area contributed by atoms with E-state index >= 15 is 0 Å². The lowest BCUT2D eigenvalue weighted by Gasteiger charge is -2.08. The fourth-order valence-electron chi connectivity index (χ4n) is 1.59. The zero-order chi connectivity index (χ0) is 14.8. The molecule has 0 saturated heterocycles. The van der Waals surface area contributed by atoms with Gasteiger partial charge in [-0.2, -0.15) is 0 Å². The molecule has 0 aliphatic rings. The number of carbonyl (C=O) groups excluding carboxylic acids is 2. The van der Waals surface area contributed by atoms with Crippen molar-refractivity contribution in [3.8, 4) is 5.75 Å². The minimum atomic E-state index is -0.233. The first-order valence-corrected chi connectivity index (χ1v) is 6.51. The van der Waals surface area contributed by atoms with Crippen LogP contribution in [0.25, 0.3) is 0 Å². The maximum atomic E-state index is 11.4. The third kappa shape index (κ3) is 6.63. The van der Waals surface area contributed by atoms with Gasteiger partial charge in [0.15, 0.2) is 0 Å². The second-order valence-corrected chi connectivity index (χ2v) is 4.26. The van der Waals surface area contributed by atoms with E-state index in [-0.39, 0.29) is 11.9 Å². The van der Waals surface area contributed by atoms with Gasteiger partial charge in [0, 0.05) is 26.6 Å². The molecule has 3 amide bonds. The van der Waals surface area contributed by atoms with Gasteiger partial charge in [-0.3, -0.25) is 4.79 Å². The van der Waals surface area contributed by atoms with Crippen molar-refractivity contribution < 1.29 is 14.3 Å². The minimum absolute atomic E-state index is 0.105. The molecule has 0 spiro atoms. The molecule has 6 nitrogen and oxygen atoms in total. The maximum Gasteiger partial charge on any atom is 0.314 e. The average Bonchev–Trinajstić information content (AvgIpc) is 2.44. The molecular weight excluding hydrogens is 258 g/mol. The number of benzene rings is 1. The number of methoxy groups -OCH3 is 1. The van der Waals surface area contributed by atoms with Crippen molar-refractivity contribution >= 4 is 11.9 Å². The second kappa shape index (κ2) is 8.79. The molecule has 6 heteroatoms. The summed E-state index contributed by atoms with van der Waals surface area (Å²) in [6.45, 7) is 2.84. The van der Waals surface area contributed by atoms with Crippen LogP contribution in [0.3, 0.4) is 0 Å². The predicted molar refractivity (Wildman–Crippen MR) is 76.8 cm³/mol. The monoisotopic (exact) mass is 279 g/mol. The number of hydrogen-bond acceptors (Lipinski definition) is 3. The summed E-state index contributed by atoms with van der Waals surface area (Å²) in [6.07, 6.45) is 0.753. The Kier molecular flexibility index (Phi) is 6.95. The van der Waals surface area contributed by atoms with E-state index in [0.717, 1.165) is 17.7 Å². The standard InChI is InChI=1S/C14H21N3O3/c1-11(18)15-9-10-17-14(19)16-8-7-12-3-5-13(20-2)6-4-12/h3-6H,7-10H2,1-2H3,(H,15,18)(H2,16,17,19). The van der Waals surface area contributed by atoms with E-state index in [0.29, 0.717) is 19.6 Å². The largest absolute Gasteiger partial charge is 0.497 e. The van der Waals surface area contributed by atoms with Crippen molar-refractivity contribution in [2.24, 2.45) is 0 Å². The first kappa shape index (κ1) is 15.8. The van der Waals surface area contributed by atoms with Crippen LogP contribution in [0, 0.1) is 0 Å². The van der Waals surface area contributed by atoms with Crippen LogP contribution in [-0.4, -0.2) is 38.7 Å². The second-order valence-electron chi connectivity index (χ2n) is 4.26. The average molecular weight is 279 g/mol. The molecule has 0 fully saturated rings. The molecular formula is C14H21N3O3. The van der Waals surface area contributed by atoms with Crippen LogP contribution in [0.15, 0.2) is 24.3 Å². The van der Waals surface area contributed by atoms with E-state index in [9.17, 15) is 9.59 Å². The number of ether oxygens (including phenoxy) is 1. The van der Waals surface area contributed by atoms with Crippen LogP contribution in [0.5, 0.6) is 5.75 Å². The van der Waals surface area contributed by atoms with Crippen LogP contribution >= 0.6 is 0 Å². The Balaban J connectivity index is 2.13. The summed E-state index contributed by atoms with van der Waals surface area (Å²) >= 11 is 0. The molecule has 0 aliphatic carbocycles. The van der Waals surface area contributed by atoms with E-state index in [1.54, 1.807) is 7.11 Å². The summed E-state index contributed by atoms with van der Waals surface area (Å²) in [5, 5.41) is 8.01. The summed E-state index contributed by atoms with van der Waals surface area (Å²) in [7, 11) is 1.63. The van der Waals surface area contributed by atoms with Crippen molar-refractivity contribution in [3.63, 3.8) is 0 Å². The lowest BCUT2D eigenvalue weighted by molar-refractivity contribution is -0.118. The molecule has 0 unspecified atom stereocenters. The molecule has 0 saturated carbocycles. The summed E-state index contributed by atoms with van der Waals surface area (Å²) in [6, 6.07) is 7.49. The normalized spacial score (nSPS) is 9.70. The third-order valence-electron chi connectivity index (χ3n) is 2.64. The SMILES string of the molecule is COc1ccc(CCNC(=O)NCCNC(C)=O)cc1. The van der Waals surface area contributed by atoms with Crippen LogP contribution in [0.2, 0.25) is 0 Å². The summed E-state index contributed by atoms with van der Waals surface area (Å²) < 4.78 is 5.07. The van der Waals surface area contributed by atoms with Gasteiger partial charge in [-0.1, -0.05) is 12.1 Å². The number of urea groups is 1. The van der Waals surface area contributed by atoms with Crippen molar-refractivity contribution in [2.45, 2.75) is 13.3 Å². The van der Waals surface area contributed by atoms with Gasteiger partial charge in [0.2, 0.25) is 5.91 Å². The Labute approximate surface area is 118 Å². The Morgan fingerprint density at radius 1 is 1.00 bits per heavy atom. The van der Waals surface area contributed by atoms with Crippen LogP contribution < -0.4 is 20.7 Å². The molecule has 1 aromatic carbocycles. The highest BCUT2D eigenvalue weighted by molar-refractivity contribution is 5.74. The molecule has 110 valence electrons. The Bertz CT molecular complexity index is 432. The van der Waals surface area contributed by atoms with Crippen molar-refractivity contribution in [1.82, 2.24) is 16.0 Å². The Morgan fingerprint density at radius 3 is 2.20 bits per heavy atom. The molecule has 1 rings (SSSR count). The molecule has 0 atom stereocenters. The van der Waals surface area contributed by atoms with Gasteiger partial charge >= 0.3 is 6.03 Å². The number of amides is 3. The summed E-state index contributed by atoms with van der Waals surface area (Å²) in [5.41, 5.74) is 1.13. The fraction of sp³-hybridized carbons (Fsp3) is 0.429. The van der Waals surface area contributed by atoms with Crippen LogP contribution in [0.4, 0.5) is 4.79 Å². The number of nitrogens with one attached hydrogen (secondary N) is 3. The minimum Gasteiger partial charge on any atom is -0.497 e. The number of rotatable bonds is 7. The molecule has 0 radical (unpaired) electrons. The number of carbonyl (C=O) groups is 2. The smallest absolute Gasteiger partial charge is 0.314 e. The van der Waals surface area contributed by atoms with Gasteiger partial charge in [0.1, 0.15) is 5.75 Å². The van der Waals surface area contributed by atoms with Gasteiger partial charge in [0.25, 0.3) is 0 Å². The van der Waals surface area contributed by atoms with E-state index in [4.69, 9.17) is 4.74 Å². The first-order chi connectivity index (χ1) is 9.61. The zero-order valence-electron chi connectivity index (χ0n) is 11.9. The predicted octanol–water partition coefficient (Wildman–Crippen LogP) is 0.673. The third-order valence-corrected chi connectivity index (χ3v) is 2.64. The van der Waals surface area contributed by atoms with Gasteiger partial charge in [-0.05, 0) is 24.1 Å². The Morgan fingerprint density at radius 2 is 1.60 bits per heavy atom. The highest BCUT2D eigenvalue weighted by Crippen LogP contribution is 2.11. The van der Waals surface area contributed by atoms with E-state index < -0.39 is 0 Å². The molecule has 1 aromatic rings. The summed E-state index contributed by atoms with van der Waals surface area (Å²) in [5.74, 6) is 0.712. The quantitative estimate of drug-likeness (QED) is 0.642. The van der Waals surface area contributed by atoms with Gasteiger partial charge in [-0.25, -0.2) is 4.79 Å². The molecule has 20 heavy (non-hydrogen) atoms. The highest BCUT2D eigenvalue weighted by atomic mass is 16.5. The molecule has 3 N–H and O–H groups in total. The van der Waals surface area contributed by atoms with Gasteiger partial charge < -0.3 is 20.7 Å². The number of hydrogen-bond donors (Lipinski definition) is 3. The zero-order valence-corrected chi connectivity index (χ0v) is 11.9. The van der Waals surface area contributed by atoms with Crippen molar-refractivity contribution in [3.05, 3.63) is 29.8 Å². The maximum absolute atomic E-state index is 11.4. The molecule has 0 aliphatic heterocycles. The van der Waals surface area contributed by atoms with Crippen molar-refractivity contribution in [2.75, 3.05) is 26.7 Å². The van der Waals surface area contributed by atoms with Crippen LogP contribution in [-0.2, 0) is 11.2 Å². The van der Waals surface area contributed by atoms with Gasteiger partial charge in [0.05, 0.1) is 7.11 Å². The van der Waals surface area contributed by atoms with E-state index in [2.05, 4.69) is 16.0 Å². The lowest BCUT2D eigenvalue weighted by Crippen LogP contribution is -2.40.